The normalized spacial score (nSPS) is 13.0. The second-order valence-corrected chi connectivity index (χ2v) is 5.99. The van der Waals surface area contributed by atoms with Crippen LogP contribution in [0.4, 0.5) is 0 Å². The molecule has 1 unspecified atom stereocenters. The highest BCUT2D eigenvalue weighted by molar-refractivity contribution is 5.50. The van der Waals surface area contributed by atoms with E-state index in [1.54, 1.807) is 0 Å². The zero-order chi connectivity index (χ0) is 15.1. The van der Waals surface area contributed by atoms with Crippen LogP contribution in [0, 0.1) is 16.7 Å². The van der Waals surface area contributed by atoms with Crippen LogP contribution in [0.5, 0.6) is 0 Å². The third-order valence-electron chi connectivity index (χ3n) is 3.58. The summed E-state index contributed by atoms with van der Waals surface area (Å²) in [5.74, 6) is 0.251. The molecule has 0 aliphatic heterocycles. The topological polar surface area (TPSA) is 23.8 Å². The molecule has 0 aliphatic rings. The minimum absolute atomic E-state index is 0. The highest BCUT2D eigenvalue weighted by Gasteiger charge is 2.22. The van der Waals surface area contributed by atoms with Crippen LogP contribution >= 0.6 is 0 Å². The molecule has 1 nitrogen and oxygen atoms in total. The van der Waals surface area contributed by atoms with E-state index >= 15 is 0 Å². The number of allylic oxidation sites excluding steroid dienone is 1. The Morgan fingerprint density at radius 1 is 1.05 bits per heavy atom. The van der Waals surface area contributed by atoms with Gasteiger partial charge in [-0.15, -0.1) is 0 Å². The van der Waals surface area contributed by atoms with Gasteiger partial charge < -0.3 is 0 Å². The monoisotopic (exact) mass is 277 g/mol. The van der Waals surface area contributed by atoms with Crippen molar-refractivity contribution in [3.63, 3.8) is 0 Å². The van der Waals surface area contributed by atoms with E-state index in [1.807, 2.05) is 38.1 Å². The zero-order valence-corrected chi connectivity index (χ0v) is 12.7. The highest BCUT2D eigenvalue weighted by atomic mass is 14.3. The predicted octanol–water partition coefficient (Wildman–Crippen LogP) is 5.67. The lowest BCUT2D eigenvalue weighted by Crippen LogP contribution is -2.12. The number of rotatable bonds is 5. The SMILES string of the molecule is CC(C)(C#N)CC(/C=C\c1ccccc1)c1ccccc1.[HH]. The summed E-state index contributed by atoms with van der Waals surface area (Å²) in [5, 5.41) is 9.30. The van der Waals surface area contributed by atoms with Crippen molar-refractivity contribution in [2.45, 2.75) is 26.2 Å². The van der Waals surface area contributed by atoms with Gasteiger partial charge in [-0.1, -0.05) is 72.8 Å². The molecule has 0 fully saturated rings. The van der Waals surface area contributed by atoms with E-state index in [0.29, 0.717) is 0 Å². The molecule has 2 aromatic rings. The molecule has 2 aromatic carbocycles. The lowest BCUT2D eigenvalue weighted by molar-refractivity contribution is 0.430. The van der Waals surface area contributed by atoms with Gasteiger partial charge in [0.2, 0.25) is 0 Å². The van der Waals surface area contributed by atoms with Gasteiger partial charge in [-0.05, 0) is 31.4 Å². The first-order valence-corrected chi connectivity index (χ1v) is 7.30. The van der Waals surface area contributed by atoms with Crippen molar-refractivity contribution in [1.29, 1.82) is 5.26 Å². The second kappa shape index (κ2) is 6.90. The van der Waals surface area contributed by atoms with E-state index in [0.717, 1.165) is 6.42 Å². The van der Waals surface area contributed by atoms with Gasteiger partial charge >= 0.3 is 0 Å². The molecule has 1 heteroatoms. The molecule has 0 spiro atoms. The third kappa shape index (κ3) is 4.61. The van der Waals surface area contributed by atoms with Crippen molar-refractivity contribution in [2.24, 2.45) is 5.41 Å². The molecule has 2 rings (SSSR count). The average molecular weight is 277 g/mol. The third-order valence-corrected chi connectivity index (χ3v) is 3.58. The lowest BCUT2D eigenvalue weighted by Gasteiger charge is -2.22. The molecule has 0 bridgehead atoms. The fourth-order valence-electron chi connectivity index (χ4n) is 2.38. The molecule has 21 heavy (non-hydrogen) atoms. The molecule has 0 amide bonds. The van der Waals surface area contributed by atoms with E-state index < -0.39 is 0 Å². The van der Waals surface area contributed by atoms with E-state index in [9.17, 15) is 5.26 Å². The standard InChI is InChI=1S/C20H21N.H2/c1-20(2,16-21)15-19(18-11-7-4-8-12-18)14-13-17-9-5-3-6-10-17;/h3-14,19H,15H2,1-2H3;1H/b14-13-;. The van der Waals surface area contributed by atoms with E-state index in [2.05, 4.69) is 54.6 Å². The molecule has 0 aliphatic carbocycles. The van der Waals surface area contributed by atoms with Crippen molar-refractivity contribution < 1.29 is 1.43 Å². The summed E-state index contributed by atoms with van der Waals surface area (Å²) in [7, 11) is 0. The predicted molar refractivity (Wildman–Crippen MR) is 90.8 cm³/mol. The Morgan fingerprint density at radius 3 is 2.19 bits per heavy atom. The van der Waals surface area contributed by atoms with Gasteiger partial charge in [0.15, 0.2) is 0 Å². The van der Waals surface area contributed by atoms with Crippen LogP contribution in [0.3, 0.4) is 0 Å². The van der Waals surface area contributed by atoms with Crippen LogP contribution < -0.4 is 0 Å². The number of nitrogens with zero attached hydrogens (tertiary/aromatic N) is 1. The number of benzene rings is 2. The van der Waals surface area contributed by atoms with Gasteiger partial charge in [0.25, 0.3) is 0 Å². The number of nitriles is 1. The Kier molecular flexibility index (Phi) is 4.95. The van der Waals surface area contributed by atoms with Gasteiger partial charge in [0.1, 0.15) is 0 Å². The quantitative estimate of drug-likeness (QED) is 0.690. The smallest absolute Gasteiger partial charge is 0.0684 e. The van der Waals surface area contributed by atoms with Crippen LogP contribution in [-0.4, -0.2) is 0 Å². The first-order valence-electron chi connectivity index (χ1n) is 7.30. The number of hydrogen-bond donors (Lipinski definition) is 0. The Bertz CT molecular complexity index is 624. The van der Waals surface area contributed by atoms with Gasteiger partial charge in [-0.2, -0.15) is 5.26 Å². The maximum absolute atomic E-state index is 9.30. The highest BCUT2D eigenvalue weighted by Crippen LogP contribution is 2.32. The van der Waals surface area contributed by atoms with E-state index in [4.69, 9.17) is 0 Å². The van der Waals surface area contributed by atoms with Gasteiger partial charge in [0, 0.05) is 7.34 Å². The van der Waals surface area contributed by atoms with Crippen LogP contribution in [0.15, 0.2) is 66.7 Å². The fourth-order valence-corrected chi connectivity index (χ4v) is 2.38. The first-order chi connectivity index (χ1) is 10.1. The lowest BCUT2D eigenvalue weighted by atomic mass is 9.80. The van der Waals surface area contributed by atoms with Gasteiger partial charge in [0.05, 0.1) is 11.5 Å². The molecule has 0 aromatic heterocycles. The van der Waals surface area contributed by atoms with Crippen LogP contribution in [-0.2, 0) is 0 Å². The van der Waals surface area contributed by atoms with Crippen molar-refractivity contribution in [2.75, 3.05) is 0 Å². The molecule has 0 radical (unpaired) electrons. The zero-order valence-electron chi connectivity index (χ0n) is 12.7. The molecule has 108 valence electrons. The average Bonchev–Trinajstić information content (AvgIpc) is 2.53. The van der Waals surface area contributed by atoms with E-state index in [1.165, 1.54) is 11.1 Å². The minimum atomic E-state index is -0.332. The summed E-state index contributed by atoms with van der Waals surface area (Å²) in [6.45, 7) is 4.00. The van der Waals surface area contributed by atoms with Crippen molar-refractivity contribution in [3.05, 3.63) is 77.9 Å². The first kappa shape index (κ1) is 15.1. The summed E-state index contributed by atoms with van der Waals surface area (Å²) in [5.41, 5.74) is 2.11. The van der Waals surface area contributed by atoms with Crippen molar-refractivity contribution in [3.8, 4) is 6.07 Å². The molecule has 0 saturated heterocycles. The molecule has 0 heterocycles. The summed E-state index contributed by atoms with van der Waals surface area (Å²) < 4.78 is 0. The molecular weight excluding hydrogens is 254 g/mol. The largest absolute Gasteiger partial charge is 0.198 e. The molecule has 0 N–H and O–H groups in total. The number of hydrogen-bond acceptors (Lipinski definition) is 1. The summed E-state index contributed by atoms with van der Waals surface area (Å²) in [6.07, 6.45) is 5.17. The van der Waals surface area contributed by atoms with Crippen molar-refractivity contribution in [1.82, 2.24) is 0 Å². The molecule has 0 saturated carbocycles. The Labute approximate surface area is 129 Å². The van der Waals surface area contributed by atoms with Gasteiger partial charge in [-0.25, -0.2) is 0 Å². The summed E-state index contributed by atoms with van der Waals surface area (Å²) >= 11 is 0. The van der Waals surface area contributed by atoms with Crippen LogP contribution in [0.25, 0.3) is 6.08 Å². The molecule has 1 atom stereocenters. The van der Waals surface area contributed by atoms with Crippen molar-refractivity contribution >= 4 is 6.08 Å². The van der Waals surface area contributed by atoms with Crippen LogP contribution in [0.2, 0.25) is 0 Å². The second-order valence-electron chi connectivity index (χ2n) is 5.99. The maximum Gasteiger partial charge on any atom is 0.0684 e. The Hall–Kier alpha value is -2.33. The fraction of sp³-hybridized carbons (Fsp3) is 0.250. The Balaban J connectivity index is 0.00000242. The Morgan fingerprint density at radius 2 is 1.62 bits per heavy atom. The van der Waals surface area contributed by atoms with Gasteiger partial charge in [-0.3, -0.25) is 0 Å². The summed E-state index contributed by atoms with van der Waals surface area (Å²) in [6, 6.07) is 23.1. The maximum atomic E-state index is 9.30. The minimum Gasteiger partial charge on any atom is -0.198 e. The summed E-state index contributed by atoms with van der Waals surface area (Å²) in [4.78, 5) is 0. The molecular formula is C20H23N. The van der Waals surface area contributed by atoms with E-state index in [-0.39, 0.29) is 12.8 Å². The van der Waals surface area contributed by atoms with Crippen LogP contribution in [0.1, 0.15) is 38.7 Å².